The second-order valence-corrected chi connectivity index (χ2v) is 6.42. The highest BCUT2D eigenvalue weighted by atomic mass is 14.9. The standard InChI is InChI=1S/C17H37N/c1-5-6-7-8-9-10-11-12-13-17(4)15-18-14-16(2)3/h16-18H,5-15H2,1-4H3. The summed E-state index contributed by atoms with van der Waals surface area (Å²) in [5.41, 5.74) is 0. The van der Waals surface area contributed by atoms with Gasteiger partial charge in [0.15, 0.2) is 0 Å². The average Bonchev–Trinajstić information content (AvgIpc) is 2.32. The zero-order valence-electron chi connectivity index (χ0n) is 13.4. The predicted molar refractivity (Wildman–Crippen MR) is 84.1 cm³/mol. The van der Waals surface area contributed by atoms with Crippen molar-refractivity contribution >= 4 is 0 Å². The Labute approximate surface area is 116 Å². The molecule has 0 aromatic carbocycles. The summed E-state index contributed by atoms with van der Waals surface area (Å²) >= 11 is 0. The van der Waals surface area contributed by atoms with Gasteiger partial charge in [-0.3, -0.25) is 0 Å². The zero-order chi connectivity index (χ0) is 13.6. The van der Waals surface area contributed by atoms with E-state index in [1.807, 2.05) is 0 Å². The molecule has 110 valence electrons. The van der Waals surface area contributed by atoms with Crippen molar-refractivity contribution in [3.05, 3.63) is 0 Å². The van der Waals surface area contributed by atoms with Gasteiger partial charge >= 0.3 is 0 Å². The van der Waals surface area contributed by atoms with Crippen LogP contribution in [0.25, 0.3) is 0 Å². The molecule has 0 aliphatic rings. The lowest BCUT2D eigenvalue weighted by Crippen LogP contribution is -2.25. The highest BCUT2D eigenvalue weighted by molar-refractivity contribution is 4.59. The van der Waals surface area contributed by atoms with Gasteiger partial charge < -0.3 is 5.32 Å². The molecule has 18 heavy (non-hydrogen) atoms. The van der Waals surface area contributed by atoms with E-state index in [0.29, 0.717) is 0 Å². The topological polar surface area (TPSA) is 12.0 Å². The molecule has 1 heteroatoms. The smallest absolute Gasteiger partial charge is 0.00230 e. The molecule has 0 aliphatic carbocycles. The lowest BCUT2D eigenvalue weighted by molar-refractivity contribution is 0.433. The molecule has 0 rings (SSSR count). The van der Waals surface area contributed by atoms with Crippen molar-refractivity contribution in [3.8, 4) is 0 Å². The van der Waals surface area contributed by atoms with Crippen molar-refractivity contribution in [2.24, 2.45) is 11.8 Å². The van der Waals surface area contributed by atoms with Crippen LogP contribution in [0.15, 0.2) is 0 Å². The first kappa shape index (κ1) is 18.0. The highest BCUT2D eigenvalue weighted by Gasteiger charge is 2.02. The van der Waals surface area contributed by atoms with Gasteiger partial charge in [0.1, 0.15) is 0 Å². The van der Waals surface area contributed by atoms with Crippen molar-refractivity contribution in [3.63, 3.8) is 0 Å². The molecule has 0 fully saturated rings. The van der Waals surface area contributed by atoms with Crippen molar-refractivity contribution in [1.82, 2.24) is 5.32 Å². The van der Waals surface area contributed by atoms with Crippen LogP contribution < -0.4 is 5.32 Å². The Morgan fingerprint density at radius 2 is 1.28 bits per heavy atom. The Bertz CT molecular complexity index is 154. The number of unbranched alkanes of at least 4 members (excludes halogenated alkanes) is 7. The second-order valence-electron chi connectivity index (χ2n) is 6.42. The van der Waals surface area contributed by atoms with Gasteiger partial charge in [0.25, 0.3) is 0 Å². The summed E-state index contributed by atoms with van der Waals surface area (Å²) in [4.78, 5) is 0. The maximum atomic E-state index is 3.56. The van der Waals surface area contributed by atoms with E-state index in [9.17, 15) is 0 Å². The lowest BCUT2D eigenvalue weighted by Gasteiger charge is -2.13. The van der Waals surface area contributed by atoms with E-state index in [0.717, 1.165) is 11.8 Å². The molecule has 0 bridgehead atoms. The van der Waals surface area contributed by atoms with Crippen LogP contribution in [0, 0.1) is 11.8 Å². The molecular weight excluding hydrogens is 218 g/mol. The summed E-state index contributed by atoms with van der Waals surface area (Å²) in [5.74, 6) is 1.63. The van der Waals surface area contributed by atoms with Crippen LogP contribution in [0.2, 0.25) is 0 Å². The molecule has 1 nitrogen and oxygen atoms in total. The molecule has 0 radical (unpaired) electrons. The van der Waals surface area contributed by atoms with Crippen LogP contribution in [0.4, 0.5) is 0 Å². The molecule has 0 saturated heterocycles. The molecular formula is C17H37N. The molecule has 1 atom stereocenters. The van der Waals surface area contributed by atoms with Crippen LogP contribution in [-0.4, -0.2) is 13.1 Å². The van der Waals surface area contributed by atoms with E-state index in [4.69, 9.17) is 0 Å². The van der Waals surface area contributed by atoms with Crippen LogP contribution in [0.1, 0.15) is 85.5 Å². The largest absolute Gasteiger partial charge is 0.316 e. The Kier molecular flexibility index (Phi) is 13.4. The quantitative estimate of drug-likeness (QED) is 0.435. The Morgan fingerprint density at radius 1 is 0.722 bits per heavy atom. The summed E-state index contributed by atoms with van der Waals surface area (Å²) in [6.45, 7) is 11.6. The van der Waals surface area contributed by atoms with Gasteiger partial charge in [-0.25, -0.2) is 0 Å². The Hall–Kier alpha value is -0.0400. The average molecular weight is 255 g/mol. The first-order chi connectivity index (χ1) is 8.66. The summed E-state index contributed by atoms with van der Waals surface area (Å²) < 4.78 is 0. The first-order valence-corrected chi connectivity index (χ1v) is 8.37. The van der Waals surface area contributed by atoms with Gasteiger partial charge in [0.05, 0.1) is 0 Å². The maximum Gasteiger partial charge on any atom is -0.00230 e. The number of hydrogen-bond acceptors (Lipinski definition) is 1. The van der Waals surface area contributed by atoms with Crippen molar-refractivity contribution < 1.29 is 0 Å². The van der Waals surface area contributed by atoms with E-state index in [1.54, 1.807) is 0 Å². The van der Waals surface area contributed by atoms with Crippen LogP contribution >= 0.6 is 0 Å². The zero-order valence-corrected chi connectivity index (χ0v) is 13.4. The number of rotatable bonds is 13. The fourth-order valence-corrected chi connectivity index (χ4v) is 2.35. The maximum absolute atomic E-state index is 3.56. The summed E-state index contributed by atoms with van der Waals surface area (Å²) in [5, 5.41) is 3.56. The normalized spacial score (nSPS) is 13.2. The van der Waals surface area contributed by atoms with Crippen molar-refractivity contribution in [1.29, 1.82) is 0 Å². The van der Waals surface area contributed by atoms with Crippen molar-refractivity contribution in [2.75, 3.05) is 13.1 Å². The first-order valence-electron chi connectivity index (χ1n) is 8.37. The van der Waals surface area contributed by atoms with Crippen LogP contribution in [0.5, 0.6) is 0 Å². The fourth-order valence-electron chi connectivity index (χ4n) is 2.35. The third kappa shape index (κ3) is 14.0. The Morgan fingerprint density at radius 3 is 1.83 bits per heavy atom. The minimum atomic E-state index is 0.778. The van der Waals surface area contributed by atoms with E-state index in [-0.39, 0.29) is 0 Å². The minimum Gasteiger partial charge on any atom is -0.316 e. The van der Waals surface area contributed by atoms with E-state index >= 15 is 0 Å². The van der Waals surface area contributed by atoms with E-state index in [2.05, 4.69) is 33.0 Å². The SMILES string of the molecule is CCCCCCCCCCC(C)CNCC(C)C. The van der Waals surface area contributed by atoms with Gasteiger partial charge in [0, 0.05) is 0 Å². The van der Waals surface area contributed by atoms with E-state index < -0.39 is 0 Å². The predicted octanol–water partition coefficient (Wildman–Crippen LogP) is 5.40. The Balaban J connectivity index is 3.12. The summed E-state index contributed by atoms with van der Waals surface area (Å²) in [7, 11) is 0. The van der Waals surface area contributed by atoms with Crippen LogP contribution in [0.3, 0.4) is 0 Å². The molecule has 0 saturated carbocycles. The number of nitrogens with one attached hydrogen (secondary N) is 1. The summed E-state index contributed by atoms with van der Waals surface area (Å²) in [6, 6.07) is 0. The molecule has 0 heterocycles. The van der Waals surface area contributed by atoms with Crippen molar-refractivity contribution in [2.45, 2.75) is 85.5 Å². The molecule has 0 aromatic rings. The molecule has 0 aromatic heterocycles. The molecule has 0 spiro atoms. The fraction of sp³-hybridized carbons (Fsp3) is 1.00. The number of hydrogen-bond donors (Lipinski definition) is 1. The minimum absolute atomic E-state index is 0.778. The van der Waals surface area contributed by atoms with Gasteiger partial charge in [-0.15, -0.1) is 0 Å². The van der Waals surface area contributed by atoms with Gasteiger partial charge in [-0.2, -0.15) is 0 Å². The lowest BCUT2D eigenvalue weighted by atomic mass is 10.0. The van der Waals surface area contributed by atoms with E-state index in [1.165, 1.54) is 70.9 Å². The second kappa shape index (κ2) is 13.4. The molecule has 1 N–H and O–H groups in total. The van der Waals surface area contributed by atoms with Gasteiger partial charge in [-0.05, 0) is 31.3 Å². The molecule has 0 aliphatic heterocycles. The third-order valence-corrected chi connectivity index (χ3v) is 3.60. The van der Waals surface area contributed by atoms with Gasteiger partial charge in [-0.1, -0.05) is 79.1 Å². The van der Waals surface area contributed by atoms with Crippen LogP contribution in [-0.2, 0) is 0 Å². The highest BCUT2D eigenvalue weighted by Crippen LogP contribution is 2.12. The summed E-state index contributed by atoms with van der Waals surface area (Å²) in [6.07, 6.45) is 12.9. The molecule has 1 unspecified atom stereocenters. The molecule has 0 amide bonds. The monoisotopic (exact) mass is 255 g/mol. The third-order valence-electron chi connectivity index (χ3n) is 3.60. The van der Waals surface area contributed by atoms with Gasteiger partial charge in [0.2, 0.25) is 0 Å².